The number of rotatable bonds is 6. The van der Waals surface area contributed by atoms with Crippen molar-refractivity contribution in [1.82, 2.24) is 4.90 Å². The number of ketones is 1. The Morgan fingerprint density at radius 2 is 1.57 bits per heavy atom. The maximum absolute atomic E-state index is 13.0. The molecule has 1 aliphatic rings. The Kier molecular flexibility index (Phi) is 6.29. The Balaban J connectivity index is 1.52. The van der Waals surface area contributed by atoms with Crippen LogP contribution in [0.2, 0.25) is 0 Å². The minimum Gasteiger partial charge on any atom is -0.497 e. The summed E-state index contributed by atoms with van der Waals surface area (Å²) < 4.78 is 23.7. The van der Waals surface area contributed by atoms with Gasteiger partial charge in [0.1, 0.15) is 17.3 Å². The number of halogens is 1. The predicted molar refractivity (Wildman–Crippen MR) is 103 cm³/mol. The number of likely N-dealkylation sites (tertiary alicyclic amines) is 1. The molecular weight excluding hydrogens is 361 g/mol. The van der Waals surface area contributed by atoms with Gasteiger partial charge in [0.05, 0.1) is 7.11 Å². The number of methoxy groups -OCH3 is 1. The lowest BCUT2D eigenvalue weighted by Crippen LogP contribution is -2.45. The van der Waals surface area contributed by atoms with Crippen LogP contribution in [0.1, 0.15) is 30.1 Å². The van der Waals surface area contributed by atoms with E-state index in [1.54, 1.807) is 43.2 Å². The first-order chi connectivity index (χ1) is 13.5. The van der Waals surface area contributed by atoms with Gasteiger partial charge in [-0.25, -0.2) is 4.39 Å². The summed E-state index contributed by atoms with van der Waals surface area (Å²) in [6.45, 7) is 2.71. The zero-order chi connectivity index (χ0) is 20.1. The summed E-state index contributed by atoms with van der Waals surface area (Å²) in [6.07, 6.45) is 0.582. The molecule has 5 nitrogen and oxygen atoms in total. The van der Waals surface area contributed by atoms with Gasteiger partial charge in [0.2, 0.25) is 0 Å². The maximum Gasteiger partial charge on any atom is 0.263 e. The Morgan fingerprint density at radius 1 is 1.00 bits per heavy atom. The standard InChI is InChI=1S/C22H24FNO4/c1-15(28-20-9-5-18(23)6-10-20)22(26)24-13-11-17(12-14-24)21(25)16-3-7-19(27-2)8-4-16/h3-10,15,17H,11-14H2,1-2H3/t15-/m0/s1. The SMILES string of the molecule is COc1ccc(C(=O)C2CCN(C(=O)[C@H](C)Oc3ccc(F)cc3)CC2)cc1. The number of benzene rings is 2. The lowest BCUT2D eigenvalue weighted by molar-refractivity contribution is -0.139. The normalized spacial score (nSPS) is 15.8. The molecule has 1 aliphatic heterocycles. The minimum absolute atomic E-state index is 0.0919. The second-order valence-electron chi connectivity index (χ2n) is 6.91. The smallest absolute Gasteiger partial charge is 0.263 e. The molecule has 0 N–H and O–H groups in total. The van der Waals surface area contributed by atoms with Crippen LogP contribution >= 0.6 is 0 Å². The number of carbonyl (C=O) groups excluding carboxylic acids is 2. The van der Waals surface area contributed by atoms with Crippen LogP contribution in [0.15, 0.2) is 48.5 Å². The number of Topliss-reactive ketones (excluding diaryl/α,β-unsaturated/α-hetero) is 1. The summed E-state index contributed by atoms with van der Waals surface area (Å²) in [5.74, 6) is 0.699. The summed E-state index contributed by atoms with van der Waals surface area (Å²) in [5, 5.41) is 0. The Morgan fingerprint density at radius 3 is 2.14 bits per heavy atom. The van der Waals surface area contributed by atoms with Crippen molar-refractivity contribution in [2.24, 2.45) is 5.92 Å². The fourth-order valence-corrected chi connectivity index (χ4v) is 3.38. The summed E-state index contributed by atoms with van der Waals surface area (Å²) in [6, 6.07) is 12.7. The Hall–Kier alpha value is -2.89. The van der Waals surface area contributed by atoms with Gasteiger partial charge in [-0.05, 0) is 68.3 Å². The fourth-order valence-electron chi connectivity index (χ4n) is 3.38. The van der Waals surface area contributed by atoms with Crippen LogP contribution in [-0.4, -0.2) is 42.9 Å². The van der Waals surface area contributed by atoms with Crippen molar-refractivity contribution in [3.05, 3.63) is 59.9 Å². The number of carbonyl (C=O) groups is 2. The second kappa shape index (κ2) is 8.87. The van der Waals surface area contributed by atoms with Crippen LogP contribution in [0.3, 0.4) is 0 Å². The molecule has 0 radical (unpaired) electrons. The quantitative estimate of drug-likeness (QED) is 0.711. The first-order valence-corrected chi connectivity index (χ1v) is 9.37. The molecule has 0 aromatic heterocycles. The van der Waals surface area contributed by atoms with Gasteiger partial charge in [-0.2, -0.15) is 0 Å². The highest BCUT2D eigenvalue weighted by Gasteiger charge is 2.30. The molecule has 0 saturated carbocycles. The average Bonchev–Trinajstić information content (AvgIpc) is 2.74. The van der Waals surface area contributed by atoms with Gasteiger partial charge >= 0.3 is 0 Å². The van der Waals surface area contributed by atoms with Crippen LogP contribution in [0.4, 0.5) is 4.39 Å². The third-order valence-electron chi connectivity index (χ3n) is 5.03. The van der Waals surface area contributed by atoms with Gasteiger partial charge in [0.15, 0.2) is 11.9 Å². The van der Waals surface area contributed by atoms with Gasteiger partial charge in [-0.1, -0.05) is 0 Å². The summed E-state index contributed by atoms with van der Waals surface area (Å²) in [4.78, 5) is 27.0. The second-order valence-corrected chi connectivity index (χ2v) is 6.91. The molecule has 2 aromatic rings. The molecule has 28 heavy (non-hydrogen) atoms. The van der Waals surface area contributed by atoms with E-state index in [0.29, 0.717) is 43.0 Å². The number of amides is 1. The summed E-state index contributed by atoms with van der Waals surface area (Å²) in [5.41, 5.74) is 0.665. The number of hydrogen-bond donors (Lipinski definition) is 0. The molecular formula is C22H24FNO4. The van der Waals surface area contributed by atoms with Gasteiger partial charge < -0.3 is 14.4 Å². The first kappa shape index (κ1) is 19.9. The molecule has 0 unspecified atom stereocenters. The fraction of sp³-hybridized carbons (Fsp3) is 0.364. The monoisotopic (exact) mass is 385 g/mol. The van der Waals surface area contributed by atoms with E-state index in [4.69, 9.17) is 9.47 Å². The van der Waals surface area contributed by atoms with E-state index in [1.165, 1.54) is 24.3 Å². The predicted octanol–water partition coefficient (Wildman–Crippen LogP) is 3.72. The molecule has 1 heterocycles. The van der Waals surface area contributed by atoms with Crippen molar-refractivity contribution in [2.75, 3.05) is 20.2 Å². The average molecular weight is 385 g/mol. The Bertz CT molecular complexity index is 811. The van der Waals surface area contributed by atoms with Crippen LogP contribution < -0.4 is 9.47 Å². The van der Waals surface area contributed by atoms with Crippen LogP contribution in [0, 0.1) is 11.7 Å². The number of nitrogens with zero attached hydrogens (tertiary/aromatic N) is 1. The molecule has 3 rings (SSSR count). The van der Waals surface area contributed by atoms with Gasteiger partial charge in [0, 0.05) is 24.6 Å². The maximum atomic E-state index is 13.0. The van der Waals surface area contributed by atoms with Gasteiger partial charge in [0.25, 0.3) is 5.91 Å². The number of piperidine rings is 1. The summed E-state index contributed by atoms with van der Waals surface area (Å²) in [7, 11) is 1.59. The van der Waals surface area contributed by atoms with E-state index in [1.807, 2.05) is 0 Å². The zero-order valence-electron chi connectivity index (χ0n) is 16.1. The van der Waals surface area contributed by atoms with Crippen molar-refractivity contribution < 1.29 is 23.5 Å². The molecule has 0 bridgehead atoms. The molecule has 2 aromatic carbocycles. The largest absolute Gasteiger partial charge is 0.497 e. The highest BCUT2D eigenvalue weighted by Crippen LogP contribution is 2.24. The third-order valence-corrected chi connectivity index (χ3v) is 5.03. The van der Waals surface area contributed by atoms with E-state index >= 15 is 0 Å². The van der Waals surface area contributed by atoms with E-state index < -0.39 is 6.10 Å². The molecule has 0 spiro atoms. The Labute approximate surface area is 164 Å². The molecule has 1 saturated heterocycles. The van der Waals surface area contributed by atoms with Crippen LogP contribution in [-0.2, 0) is 4.79 Å². The number of hydrogen-bond acceptors (Lipinski definition) is 4. The third kappa shape index (κ3) is 4.68. The van der Waals surface area contributed by atoms with Crippen molar-refractivity contribution in [3.8, 4) is 11.5 Å². The van der Waals surface area contributed by atoms with Crippen molar-refractivity contribution >= 4 is 11.7 Å². The molecule has 1 atom stereocenters. The highest BCUT2D eigenvalue weighted by atomic mass is 19.1. The summed E-state index contributed by atoms with van der Waals surface area (Å²) >= 11 is 0. The zero-order valence-corrected chi connectivity index (χ0v) is 16.1. The van der Waals surface area contributed by atoms with Crippen molar-refractivity contribution in [3.63, 3.8) is 0 Å². The molecule has 1 amide bonds. The van der Waals surface area contributed by atoms with Crippen LogP contribution in [0.25, 0.3) is 0 Å². The van der Waals surface area contributed by atoms with Crippen LogP contribution in [0.5, 0.6) is 11.5 Å². The molecule has 148 valence electrons. The van der Waals surface area contributed by atoms with Crippen molar-refractivity contribution in [2.45, 2.75) is 25.9 Å². The lowest BCUT2D eigenvalue weighted by Gasteiger charge is -2.33. The van der Waals surface area contributed by atoms with Gasteiger partial charge in [-0.3, -0.25) is 9.59 Å². The number of ether oxygens (including phenoxy) is 2. The van der Waals surface area contributed by atoms with Gasteiger partial charge in [-0.15, -0.1) is 0 Å². The van der Waals surface area contributed by atoms with Crippen molar-refractivity contribution in [1.29, 1.82) is 0 Å². The minimum atomic E-state index is -0.667. The molecule has 6 heteroatoms. The first-order valence-electron chi connectivity index (χ1n) is 9.37. The lowest BCUT2D eigenvalue weighted by atomic mass is 9.88. The van der Waals surface area contributed by atoms with E-state index in [0.717, 1.165) is 0 Å². The van der Waals surface area contributed by atoms with E-state index in [9.17, 15) is 14.0 Å². The van der Waals surface area contributed by atoms with E-state index in [-0.39, 0.29) is 23.4 Å². The molecule has 0 aliphatic carbocycles. The highest BCUT2D eigenvalue weighted by molar-refractivity contribution is 5.98. The van der Waals surface area contributed by atoms with E-state index in [2.05, 4.69) is 0 Å². The topological polar surface area (TPSA) is 55.8 Å². The molecule has 1 fully saturated rings.